The minimum atomic E-state index is -3.96. The summed E-state index contributed by atoms with van der Waals surface area (Å²) in [4.78, 5) is 24.3. The van der Waals surface area contributed by atoms with Gasteiger partial charge < -0.3 is 4.90 Å². The maximum Gasteiger partial charge on any atom is 0.269 e. The smallest absolute Gasteiger partial charge is 0.269 e. The first-order valence-electron chi connectivity index (χ1n) is 8.48. The van der Waals surface area contributed by atoms with E-state index in [4.69, 9.17) is 0 Å². The first-order chi connectivity index (χ1) is 13.3. The lowest BCUT2D eigenvalue weighted by atomic mass is 10.0. The molecule has 1 heterocycles. The van der Waals surface area contributed by atoms with Gasteiger partial charge in [-0.05, 0) is 37.3 Å². The molecule has 0 bridgehead atoms. The summed E-state index contributed by atoms with van der Waals surface area (Å²) in [6, 6.07) is 13.2. The molecule has 3 aromatic rings. The molecule has 1 aliphatic rings. The summed E-state index contributed by atoms with van der Waals surface area (Å²) in [6.07, 6.45) is 0. The molecule has 0 radical (unpaired) electrons. The second-order valence-corrected chi connectivity index (χ2v) is 7.95. The molecule has 4 rings (SSSR count). The van der Waals surface area contributed by atoms with E-state index >= 15 is 0 Å². The molecule has 9 heteroatoms. The molecule has 1 amide bonds. The molecule has 8 nitrogen and oxygen atoms in total. The fraction of sp³-hybridized carbons (Fsp3) is 0.105. The molecule has 1 aliphatic heterocycles. The van der Waals surface area contributed by atoms with Crippen LogP contribution in [0.5, 0.6) is 0 Å². The number of sulfonamides is 1. The molecule has 0 atom stereocenters. The number of rotatable bonds is 5. The van der Waals surface area contributed by atoms with E-state index in [1.165, 1.54) is 12.1 Å². The Morgan fingerprint density at radius 1 is 1.07 bits per heavy atom. The zero-order chi connectivity index (χ0) is 20.1. The van der Waals surface area contributed by atoms with Crippen LogP contribution in [0.1, 0.15) is 17.3 Å². The normalized spacial score (nSPS) is 13.2. The van der Waals surface area contributed by atoms with Crippen molar-refractivity contribution in [3.63, 3.8) is 0 Å². The number of hydrogen-bond donors (Lipinski definition) is 1. The monoisotopic (exact) mass is 397 g/mol. The number of nitrogens with zero attached hydrogens (tertiary/aromatic N) is 2. The van der Waals surface area contributed by atoms with E-state index in [0.29, 0.717) is 28.6 Å². The molecule has 0 saturated carbocycles. The first kappa shape index (κ1) is 17.9. The van der Waals surface area contributed by atoms with Crippen molar-refractivity contribution in [1.82, 2.24) is 0 Å². The van der Waals surface area contributed by atoms with Gasteiger partial charge in [-0.25, -0.2) is 8.42 Å². The van der Waals surface area contributed by atoms with Crippen molar-refractivity contribution in [2.45, 2.75) is 11.8 Å². The lowest BCUT2D eigenvalue weighted by Crippen LogP contribution is -2.25. The summed E-state index contributed by atoms with van der Waals surface area (Å²) < 4.78 is 28.0. The highest BCUT2D eigenvalue weighted by Crippen LogP contribution is 2.40. The van der Waals surface area contributed by atoms with Crippen molar-refractivity contribution >= 4 is 43.8 Å². The third kappa shape index (κ3) is 2.67. The van der Waals surface area contributed by atoms with Crippen LogP contribution in [0.15, 0.2) is 59.5 Å². The second-order valence-electron chi connectivity index (χ2n) is 6.27. The van der Waals surface area contributed by atoms with Gasteiger partial charge in [0.1, 0.15) is 0 Å². The molecule has 0 unspecified atom stereocenters. The number of amides is 1. The largest absolute Gasteiger partial charge is 0.308 e. The number of nitro groups is 1. The summed E-state index contributed by atoms with van der Waals surface area (Å²) in [5.41, 5.74) is 1.43. The van der Waals surface area contributed by atoms with E-state index in [1.807, 2.05) is 6.92 Å². The molecule has 3 aromatic carbocycles. The Hall–Kier alpha value is -3.46. The van der Waals surface area contributed by atoms with Crippen LogP contribution in [0, 0.1) is 10.1 Å². The molecule has 0 aromatic heterocycles. The molecular formula is C19H15N3O5S. The molecule has 0 fully saturated rings. The van der Waals surface area contributed by atoms with Crippen LogP contribution in [-0.4, -0.2) is 25.8 Å². The number of nitro benzene ring substituents is 1. The Morgan fingerprint density at radius 2 is 1.79 bits per heavy atom. The summed E-state index contributed by atoms with van der Waals surface area (Å²) in [5, 5.41) is 12.1. The summed E-state index contributed by atoms with van der Waals surface area (Å²) in [6.45, 7) is 2.39. The van der Waals surface area contributed by atoms with Crippen LogP contribution >= 0.6 is 0 Å². The third-order valence-electron chi connectivity index (χ3n) is 4.70. The number of hydrogen-bond acceptors (Lipinski definition) is 5. The zero-order valence-electron chi connectivity index (χ0n) is 14.7. The van der Waals surface area contributed by atoms with E-state index in [1.54, 1.807) is 35.2 Å². The van der Waals surface area contributed by atoms with Crippen molar-refractivity contribution in [3.8, 4) is 0 Å². The van der Waals surface area contributed by atoms with Gasteiger partial charge in [0.15, 0.2) is 0 Å². The van der Waals surface area contributed by atoms with Crippen molar-refractivity contribution in [2.24, 2.45) is 0 Å². The van der Waals surface area contributed by atoms with Crippen LogP contribution < -0.4 is 9.62 Å². The Labute approximate surface area is 160 Å². The van der Waals surface area contributed by atoms with Crippen molar-refractivity contribution in [1.29, 1.82) is 0 Å². The summed E-state index contributed by atoms with van der Waals surface area (Å²) in [5.74, 6) is -0.113. The predicted octanol–water partition coefficient (Wildman–Crippen LogP) is 3.53. The van der Waals surface area contributed by atoms with E-state index in [9.17, 15) is 23.3 Å². The van der Waals surface area contributed by atoms with Crippen LogP contribution in [0.2, 0.25) is 0 Å². The molecule has 0 saturated heterocycles. The minimum absolute atomic E-state index is 0.0902. The van der Waals surface area contributed by atoms with Gasteiger partial charge in [-0.2, -0.15) is 0 Å². The van der Waals surface area contributed by atoms with Crippen LogP contribution in [0.25, 0.3) is 10.8 Å². The highest BCUT2D eigenvalue weighted by molar-refractivity contribution is 7.92. The van der Waals surface area contributed by atoms with Crippen LogP contribution in [0.3, 0.4) is 0 Å². The van der Waals surface area contributed by atoms with Crippen molar-refractivity contribution in [3.05, 3.63) is 70.3 Å². The zero-order valence-corrected chi connectivity index (χ0v) is 15.6. The second kappa shape index (κ2) is 6.31. The SMILES string of the molecule is CCN1C(=O)c2cccc3c(NS(=O)(=O)c4ccc([N+](=O)[O-])cc4)ccc1c23. The lowest BCUT2D eigenvalue weighted by Gasteiger charge is -2.16. The van der Waals surface area contributed by atoms with Gasteiger partial charge in [0.2, 0.25) is 0 Å². The highest BCUT2D eigenvalue weighted by atomic mass is 32.2. The van der Waals surface area contributed by atoms with E-state index in [-0.39, 0.29) is 16.5 Å². The van der Waals surface area contributed by atoms with E-state index in [0.717, 1.165) is 17.8 Å². The van der Waals surface area contributed by atoms with Crippen LogP contribution in [-0.2, 0) is 10.0 Å². The molecule has 28 heavy (non-hydrogen) atoms. The Bertz CT molecular complexity index is 1240. The third-order valence-corrected chi connectivity index (χ3v) is 6.08. The van der Waals surface area contributed by atoms with Crippen molar-refractivity contribution < 1.29 is 18.1 Å². The highest BCUT2D eigenvalue weighted by Gasteiger charge is 2.30. The number of carbonyl (C=O) groups excluding carboxylic acids is 1. The number of benzene rings is 3. The Morgan fingerprint density at radius 3 is 2.43 bits per heavy atom. The lowest BCUT2D eigenvalue weighted by molar-refractivity contribution is -0.384. The van der Waals surface area contributed by atoms with Gasteiger partial charge in [0.25, 0.3) is 21.6 Å². The minimum Gasteiger partial charge on any atom is -0.308 e. The fourth-order valence-corrected chi connectivity index (χ4v) is 4.48. The first-order valence-corrected chi connectivity index (χ1v) is 9.96. The van der Waals surface area contributed by atoms with E-state index in [2.05, 4.69) is 4.72 Å². The maximum atomic E-state index is 12.7. The summed E-state index contributed by atoms with van der Waals surface area (Å²) >= 11 is 0. The number of non-ortho nitro benzene ring substituents is 1. The van der Waals surface area contributed by atoms with Gasteiger partial charge in [-0.1, -0.05) is 12.1 Å². The Kier molecular flexibility index (Phi) is 4.04. The van der Waals surface area contributed by atoms with Gasteiger partial charge >= 0.3 is 0 Å². The average Bonchev–Trinajstić information content (AvgIpc) is 2.96. The maximum absolute atomic E-state index is 12.7. The Balaban J connectivity index is 1.78. The molecule has 0 aliphatic carbocycles. The molecule has 1 N–H and O–H groups in total. The fourth-order valence-electron chi connectivity index (χ4n) is 3.40. The number of carbonyl (C=O) groups is 1. The number of anilines is 2. The molecular weight excluding hydrogens is 382 g/mol. The van der Waals surface area contributed by atoms with E-state index < -0.39 is 14.9 Å². The number of nitrogens with one attached hydrogen (secondary N) is 1. The molecule has 0 spiro atoms. The molecule has 142 valence electrons. The van der Waals surface area contributed by atoms with Gasteiger partial charge in [-0.15, -0.1) is 0 Å². The standard InChI is InChI=1S/C19H15N3O5S/c1-2-21-17-11-10-16(14-4-3-5-15(18(14)17)19(21)23)20-28(26,27)13-8-6-12(7-9-13)22(24)25/h3-11,20H,2H2,1H3. The quantitative estimate of drug-likeness (QED) is 0.523. The van der Waals surface area contributed by atoms with Crippen molar-refractivity contribution in [2.75, 3.05) is 16.2 Å². The van der Waals surface area contributed by atoms with Gasteiger partial charge in [0, 0.05) is 35.0 Å². The van der Waals surface area contributed by atoms with Gasteiger partial charge in [0.05, 0.1) is 21.2 Å². The van der Waals surface area contributed by atoms with Gasteiger partial charge in [-0.3, -0.25) is 19.6 Å². The average molecular weight is 397 g/mol. The topological polar surface area (TPSA) is 110 Å². The van der Waals surface area contributed by atoms with Crippen LogP contribution in [0.4, 0.5) is 17.1 Å². The summed E-state index contributed by atoms with van der Waals surface area (Å²) in [7, 11) is -3.96. The predicted molar refractivity (Wildman–Crippen MR) is 105 cm³/mol.